The number of aliphatic hydroxyl groups is 1. The highest BCUT2D eigenvalue weighted by molar-refractivity contribution is 6.05. The van der Waals surface area contributed by atoms with Crippen molar-refractivity contribution >= 4 is 11.6 Å². The number of ether oxygens (including phenoxy) is 1. The molecular weight excluding hydrogens is 332 g/mol. The number of rotatable bonds is 5. The largest absolute Gasteiger partial charge is 0.387 e. The summed E-state index contributed by atoms with van der Waals surface area (Å²) >= 11 is 0. The number of aliphatic hydroxyl groups excluding tert-OH is 1. The van der Waals surface area contributed by atoms with Gasteiger partial charge in [0, 0.05) is 37.6 Å². The number of amides is 1. The Morgan fingerprint density at radius 3 is 2.92 bits per heavy atom. The highest BCUT2D eigenvalue weighted by Crippen LogP contribution is 2.30. The monoisotopic (exact) mass is 354 g/mol. The number of β-amino-alcohol motifs (C(OH)–C–C–N with tert-alkyl or cyclic N) is 1. The lowest BCUT2D eigenvalue weighted by Crippen LogP contribution is -2.39. The molecule has 1 atom stereocenters. The Hall–Kier alpha value is -2.66. The number of carbonyl (C=O) groups excluding carboxylic acids is 1. The first kappa shape index (κ1) is 18.1. The van der Waals surface area contributed by atoms with Crippen molar-refractivity contribution in [3.05, 3.63) is 42.5 Å². The number of imidazole rings is 1. The molecule has 3 rings (SSSR count). The molecule has 1 unspecified atom stereocenters. The van der Waals surface area contributed by atoms with Crippen LogP contribution in [-0.4, -0.2) is 58.3 Å². The highest BCUT2D eigenvalue weighted by Gasteiger charge is 2.21. The number of nitrogens with one attached hydrogen (secondary N) is 1. The SMILES string of the molecule is CC#CC(=O)Nc1c(C(O)CN2CCOCC2)cccc1-n1ccnc1. The van der Waals surface area contributed by atoms with E-state index in [1.807, 2.05) is 18.2 Å². The van der Waals surface area contributed by atoms with Crippen molar-refractivity contribution in [1.29, 1.82) is 0 Å². The molecule has 1 aromatic carbocycles. The van der Waals surface area contributed by atoms with Crippen LogP contribution in [0.25, 0.3) is 5.69 Å². The van der Waals surface area contributed by atoms with Gasteiger partial charge in [0.15, 0.2) is 0 Å². The summed E-state index contributed by atoms with van der Waals surface area (Å²) in [6.45, 7) is 4.96. The number of nitrogens with zero attached hydrogens (tertiary/aromatic N) is 3. The van der Waals surface area contributed by atoms with Crippen LogP contribution in [0.1, 0.15) is 18.6 Å². The molecule has 136 valence electrons. The standard InChI is InChI=1S/C19H22N4O3/c1-2-4-18(25)21-19-15(17(24)13-22-9-11-26-12-10-22)5-3-6-16(19)23-8-7-20-14-23/h3,5-8,14,17,24H,9-13H2,1H3,(H,21,25). The minimum absolute atomic E-state index is 0.417. The van der Waals surface area contributed by atoms with Crippen LogP contribution in [-0.2, 0) is 9.53 Å². The normalized spacial score (nSPS) is 15.8. The van der Waals surface area contributed by atoms with Gasteiger partial charge in [-0.15, -0.1) is 0 Å². The molecule has 7 heteroatoms. The second kappa shape index (κ2) is 8.63. The molecule has 2 aromatic rings. The van der Waals surface area contributed by atoms with E-state index in [0.717, 1.165) is 18.8 Å². The summed E-state index contributed by atoms with van der Waals surface area (Å²) in [4.78, 5) is 18.3. The third kappa shape index (κ3) is 4.29. The fourth-order valence-corrected chi connectivity index (χ4v) is 2.97. The Morgan fingerprint density at radius 1 is 1.42 bits per heavy atom. The first-order chi connectivity index (χ1) is 12.7. The lowest BCUT2D eigenvalue weighted by Gasteiger charge is -2.29. The van der Waals surface area contributed by atoms with Crippen molar-refractivity contribution in [2.24, 2.45) is 0 Å². The quantitative estimate of drug-likeness (QED) is 0.789. The third-order valence-electron chi connectivity index (χ3n) is 4.23. The van der Waals surface area contributed by atoms with Gasteiger partial charge in [-0.1, -0.05) is 18.1 Å². The zero-order valence-electron chi connectivity index (χ0n) is 14.7. The summed E-state index contributed by atoms with van der Waals surface area (Å²) in [5.41, 5.74) is 1.92. The summed E-state index contributed by atoms with van der Waals surface area (Å²) in [6, 6.07) is 5.54. The molecule has 0 bridgehead atoms. The Balaban J connectivity index is 1.92. The molecule has 0 saturated carbocycles. The van der Waals surface area contributed by atoms with Crippen LogP contribution in [0.5, 0.6) is 0 Å². The summed E-state index contributed by atoms with van der Waals surface area (Å²) < 4.78 is 7.14. The summed E-state index contributed by atoms with van der Waals surface area (Å²) in [7, 11) is 0. The average Bonchev–Trinajstić information content (AvgIpc) is 3.17. The molecule has 1 fully saturated rings. The zero-order valence-corrected chi connectivity index (χ0v) is 14.7. The molecule has 0 radical (unpaired) electrons. The van der Waals surface area contributed by atoms with Crippen LogP contribution in [0.4, 0.5) is 5.69 Å². The third-order valence-corrected chi connectivity index (χ3v) is 4.23. The van der Waals surface area contributed by atoms with Crippen molar-refractivity contribution in [1.82, 2.24) is 14.5 Å². The molecule has 0 aliphatic carbocycles. The van der Waals surface area contributed by atoms with Crippen molar-refractivity contribution in [3.8, 4) is 17.5 Å². The van der Waals surface area contributed by atoms with E-state index in [2.05, 4.69) is 27.0 Å². The van der Waals surface area contributed by atoms with E-state index < -0.39 is 12.0 Å². The number of aromatic nitrogens is 2. The number of hydrogen-bond donors (Lipinski definition) is 2. The molecule has 1 amide bonds. The number of carbonyl (C=O) groups is 1. The van der Waals surface area contributed by atoms with Gasteiger partial charge in [-0.25, -0.2) is 4.98 Å². The molecule has 1 aromatic heterocycles. The van der Waals surface area contributed by atoms with Gasteiger partial charge in [0.05, 0.1) is 37.0 Å². The van der Waals surface area contributed by atoms with Crippen LogP contribution in [0.2, 0.25) is 0 Å². The molecule has 2 heterocycles. The molecular formula is C19H22N4O3. The van der Waals surface area contributed by atoms with E-state index in [9.17, 15) is 9.90 Å². The van der Waals surface area contributed by atoms with E-state index >= 15 is 0 Å². The molecule has 1 aliphatic rings. The lowest BCUT2D eigenvalue weighted by atomic mass is 10.0. The van der Waals surface area contributed by atoms with Crippen molar-refractivity contribution in [2.75, 3.05) is 38.2 Å². The first-order valence-electron chi connectivity index (χ1n) is 8.52. The minimum Gasteiger partial charge on any atom is -0.387 e. The van der Waals surface area contributed by atoms with Gasteiger partial charge in [-0.3, -0.25) is 9.69 Å². The fraction of sp³-hybridized carbons (Fsp3) is 0.368. The number of para-hydroxylation sites is 1. The van der Waals surface area contributed by atoms with Crippen LogP contribution < -0.4 is 5.32 Å². The van der Waals surface area contributed by atoms with Gasteiger partial charge in [-0.2, -0.15) is 0 Å². The van der Waals surface area contributed by atoms with Gasteiger partial charge in [-0.05, 0) is 18.9 Å². The van der Waals surface area contributed by atoms with E-state index in [1.54, 1.807) is 30.2 Å². The van der Waals surface area contributed by atoms with Gasteiger partial charge in [0.1, 0.15) is 0 Å². The Kier molecular flexibility index (Phi) is 6.02. The smallest absolute Gasteiger partial charge is 0.300 e. The van der Waals surface area contributed by atoms with Crippen molar-refractivity contribution < 1.29 is 14.6 Å². The maximum Gasteiger partial charge on any atom is 0.300 e. The van der Waals surface area contributed by atoms with Gasteiger partial charge >= 0.3 is 0 Å². The maximum atomic E-state index is 12.1. The predicted molar refractivity (Wildman–Crippen MR) is 97.9 cm³/mol. The van der Waals surface area contributed by atoms with E-state index in [1.165, 1.54) is 0 Å². The summed E-state index contributed by atoms with van der Waals surface area (Å²) in [6.07, 6.45) is 4.35. The van der Waals surface area contributed by atoms with Crippen LogP contribution in [0, 0.1) is 11.8 Å². The second-order valence-electron chi connectivity index (χ2n) is 5.97. The molecule has 0 spiro atoms. The Bertz CT molecular complexity index is 802. The summed E-state index contributed by atoms with van der Waals surface area (Å²) in [5.74, 6) is 4.65. The predicted octanol–water partition coefficient (Wildman–Crippen LogP) is 1.20. The number of anilines is 1. The molecule has 26 heavy (non-hydrogen) atoms. The highest BCUT2D eigenvalue weighted by atomic mass is 16.5. The Labute approximate surface area is 152 Å². The van der Waals surface area contributed by atoms with Crippen molar-refractivity contribution in [2.45, 2.75) is 13.0 Å². The van der Waals surface area contributed by atoms with Crippen molar-refractivity contribution in [3.63, 3.8) is 0 Å². The van der Waals surface area contributed by atoms with E-state index in [-0.39, 0.29) is 0 Å². The topological polar surface area (TPSA) is 79.6 Å². The molecule has 1 saturated heterocycles. The average molecular weight is 354 g/mol. The van der Waals surface area contributed by atoms with E-state index in [0.29, 0.717) is 31.0 Å². The first-order valence-corrected chi connectivity index (χ1v) is 8.52. The van der Waals surface area contributed by atoms with Gasteiger partial charge in [0.25, 0.3) is 5.91 Å². The zero-order chi connectivity index (χ0) is 18.4. The van der Waals surface area contributed by atoms with Crippen LogP contribution in [0.3, 0.4) is 0 Å². The molecule has 2 N–H and O–H groups in total. The Morgan fingerprint density at radius 2 is 2.23 bits per heavy atom. The fourth-order valence-electron chi connectivity index (χ4n) is 2.97. The van der Waals surface area contributed by atoms with Gasteiger partial charge in [0.2, 0.25) is 0 Å². The minimum atomic E-state index is -0.749. The summed E-state index contributed by atoms with van der Waals surface area (Å²) in [5, 5.41) is 13.6. The number of morpholine rings is 1. The van der Waals surface area contributed by atoms with Crippen LogP contribution >= 0.6 is 0 Å². The number of benzene rings is 1. The molecule has 1 aliphatic heterocycles. The molecule has 7 nitrogen and oxygen atoms in total. The van der Waals surface area contributed by atoms with E-state index in [4.69, 9.17) is 4.74 Å². The number of hydrogen-bond acceptors (Lipinski definition) is 5. The maximum absolute atomic E-state index is 12.1. The van der Waals surface area contributed by atoms with Crippen LogP contribution in [0.15, 0.2) is 36.9 Å². The second-order valence-corrected chi connectivity index (χ2v) is 5.97. The lowest BCUT2D eigenvalue weighted by molar-refractivity contribution is -0.111. The van der Waals surface area contributed by atoms with Gasteiger partial charge < -0.3 is 19.7 Å².